The quantitative estimate of drug-likeness (QED) is 0.819. The van der Waals surface area contributed by atoms with Gasteiger partial charge in [-0.2, -0.15) is 4.31 Å². The van der Waals surface area contributed by atoms with Crippen LogP contribution in [0.3, 0.4) is 0 Å². The van der Waals surface area contributed by atoms with Crippen molar-refractivity contribution in [3.05, 3.63) is 0 Å². The molecule has 1 saturated heterocycles. The summed E-state index contributed by atoms with van der Waals surface area (Å²) in [6, 6.07) is 0.683. The van der Waals surface area contributed by atoms with Crippen molar-refractivity contribution in [3.8, 4) is 0 Å². The Balaban J connectivity index is 1.61. The highest BCUT2D eigenvalue weighted by Gasteiger charge is 2.39. The van der Waals surface area contributed by atoms with E-state index in [1.807, 2.05) is 4.31 Å². The minimum atomic E-state index is -3.06. The van der Waals surface area contributed by atoms with Gasteiger partial charge in [0.2, 0.25) is 10.0 Å². The van der Waals surface area contributed by atoms with Crippen LogP contribution in [-0.4, -0.2) is 43.6 Å². The molecule has 1 heterocycles. The minimum absolute atomic E-state index is 0.308. The van der Waals surface area contributed by atoms with Gasteiger partial charge >= 0.3 is 0 Å². The summed E-state index contributed by atoms with van der Waals surface area (Å²) < 4.78 is 27.6. The molecular formula is C16H30N2O2S. The summed E-state index contributed by atoms with van der Waals surface area (Å²) in [6.45, 7) is 1.76. The third-order valence-electron chi connectivity index (χ3n) is 5.30. The van der Waals surface area contributed by atoms with Crippen LogP contribution >= 0.6 is 0 Å². The lowest BCUT2D eigenvalue weighted by atomic mass is 9.91. The van der Waals surface area contributed by atoms with Gasteiger partial charge in [0.25, 0.3) is 0 Å². The predicted molar refractivity (Wildman–Crippen MR) is 85.7 cm³/mol. The first kappa shape index (κ1) is 15.8. The Morgan fingerprint density at radius 3 is 2.24 bits per heavy atom. The molecule has 0 amide bonds. The van der Waals surface area contributed by atoms with Gasteiger partial charge < -0.3 is 5.32 Å². The summed E-state index contributed by atoms with van der Waals surface area (Å²) in [5.41, 5.74) is 0. The van der Waals surface area contributed by atoms with E-state index in [-0.39, 0.29) is 0 Å². The molecule has 0 aromatic carbocycles. The zero-order valence-corrected chi connectivity index (χ0v) is 13.9. The zero-order chi connectivity index (χ0) is 14.7. The molecule has 3 rings (SSSR count). The number of sulfonamides is 1. The van der Waals surface area contributed by atoms with E-state index in [2.05, 4.69) is 5.32 Å². The van der Waals surface area contributed by atoms with Crippen LogP contribution in [0, 0.1) is 5.92 Å². The summed E-state index contributed by atoms with van der Waals surface area (Å²) in [4.78, 5) is 0. The first-order chi connectivity index (χ1) is 10.1. The largest absolute Gasteiger partial charge is 0.313 e. The van der Waals surface area contributed by atoms with Crippen LogP contribution < -0.4 is 5.32 Å². The molecule has 3 aliphatic rings. The second-order valence-electron chi connectivity index (χ2n) is 7.23. The van der Waals surface area contributed by atoms with Crippen LogP contribution in [0.4, 0.5) is 0 Å². The third-order valence-corrected chi connectivity index (χ3v) is 7.35. The van der Waals surface area contributed by atoms with E-state index in [1.165, 1.54) is 32.1 Å². The van der Waals surface area contributed by atoms with Crippen molar-refractivity contribution < 1.29 is 8.42 Å². The molecule has 5 heteroatoms. The van der Waals surface area contributed by atoms with Crippen molar-refractivity contribution in [2.75, 3.05) is 18.8 Å². The fourth-order valence-corrected chi connectivity index (χ4v) is 6.09. The Labute approximate surface area is 129 Å². The van der Waals surface area contributed by atoms with Crippen molar-refractivity contribution in [1.29, 1.82) is 0 Å². The number of hydrogen-bond donors (Lipinski definition) is 1. The summed E-state index contributed by atoms with van der Waals surface area (Å²) in [5, 5.41) is 3.50. The first-order valence-electron chi connectivity index (χ1n) is 8.88. The number of piperidine rings is 1. The van der Waals surface area contributed by atoms with Crippen LogP contribution in [-0.2, 0) is 10.0 Å². The van der Waals surface area contributed by atoms with Crippen molar-refractivity contribution in [2.24, 2.45) is 5.92 Å². The van der Waals surface area contributed by atoms with Crippen LogP contribution in [0.2, 0.25) is 0 Å². The molecule has 1 atom stereocenters. The molecule has 0 spiro atoms. The van der Waals surface area contributed by atoms with Gasteiger partial charge in [0.1, 0.15) is 0 Å². The third kappa shape index (κ3) is 4.42. The average Bonchev–Trinajstić information content (AvgIpc) is 3.31. The van der Waals surface area contributed by atoms with Gasteiger partial charge in [-0.05, 0) is 51.0 Å². The molecule has 1 unspecified atom stereocenters. The molecule has 0 aromatic heterocycles. The lowest BCUT2D eigenvalue weighted by Crippen LogP contribution is -2.47. The monoisotopic (exact) mass is 314 g/mol. The summed E-state index contributed by atoms with van der Waals surface area (Å²) >= 11 is 0. The molecule has 1 N–H and O–H groups in total. The highest BCUT2D eigenvalue weighted by Crippen LogP contribution is 2.33. The van der Waals surface area contributed by atoms with Crippen molar-refractivity contribution in [3.63, 3.8) is 0 Å². The van der Waals surface area contributed by atoms with Gasteiger partial charge in [-0.1, -0.05) is 25.7 Å². The van der Waals surface area contributed by atoms with Gasteiger partial charge in [-0.3, -0.25) is 0 Å². The summed E-state index contributed by atoms with van der Waals surface area (Å²) in [6.07, 6.45) is 11.7. The molecule has 1 aliphatic heterocycles. The fourth-order valence-electron chi connectivity index (χ4n) is 3.90. The van der Waals surface area contributed by atoms with E-state index in [4.69, 9.17) is 0 Å². The predicted octanol–water partition coefficient (Wildman–Crippen LogP) is 2.50. The summed E-state index contributed by atoms with van der Waals surface area (Å²) in [5.74, 6) is 0.806. The topological polar surface area (TPSA) is 49.4 Å². The Kier molecular flexibility index (Phi) is 5.23. The Morgan fingerprint density at radius 1 is 0.905 bits per heavy atom. The molecule has 3 fully saturated rings. The van der Waals surface area contributed by atoms with Gasteiger partial charge in [0.15, 0.2) is 0 Å². The maximum atomic E-state index is 12.9. The summed E-state index contributed by atoms with van der Waals surface area (Å²) in [7, 11) is -3.06. The second-order valence-corrected chi connectivity index (χ2v) is 9.20. The lowest BCUT2D eigenvalue weighted by Gasteiger charge is -2.31. The van der Waals surface area contributed by atoms with Crippen LogP contribution in [0.5, 0.6) is 0 Å². The van der Waals surface area contributed by atoms with Crippen LogP contribution in [0.15, 0.2) is 0 Å². The van der Waals surface area contributed by atoms with E-state index in [0.29, 0.717) is 30.3 Å². The number of nitrogens with one attached hydrogen (secondary N) is 1. The van der Waals surface area contributed by atoms with Gasteiger partial charge in [0, 0.05) is 18.6 Å². The van der Waals surface area contributed by atoms with Gasteiger partial charge in [-0.15, -0.1) is 0 Å². The highest BCUT2D eigenvalue weighted by molar-refractivity contribution is 7.89. The van der Waals surface area contributed by atoms with Crippen molar-refractivity contribution in [1.82, 2.24) is 9.62 Å². The van der Waals surface area contributed by atoms with Crippen molar-refractivity contribution in [2.45, 2.75) is 76.3 Å². The molecule has 4 nitrogen and oxygen atoms in total. The maximum absolute atomic E-state index is 12.9. The minimum Gasteiger partial charge on any atom is -0.313 e. The molecule has 122 valence electrons. The number of nitrogens with zero attached hydrogens (tertiary/aromatic N) is 1. The SMILES string of the molecule is O=S(=O)(CC1CCCCC1)N(CC1CCCCN1)C1CC1. The maximum Gasteiger partial charge on any atom is 0.214 e. The van der Waals surface area contributed by atoms with Gasteiger partial charge in [0.05, 0.1) is 5.75 Å². The van der Waals surface area contributed by atoms with Crippen LogP contribution in [0.25, 0.3) is 0 Å². The van der Waals surface area contributed by atoms with Crippen LogP contribution in [0.1, 0.15) is 64.2 Å². The normalized spacial score (nSPS) is 28.9. The highest BCUT2D eigenvalue weighted by atomic mass is 32.2. The molecule has 2 saturated carbocycles. The van der Waals surface area contributed by atoms with Crippen molar-refractivity contribution >= 4 is 10.0 Å². The van der Waals surface area contributed by atoms with E-state index < -0.39 is 10.0 Å². The molecule has 21 heavy (non-hydrogen) atoms. The average molecular weight is 314 g/mol. The number of rotatable bonds is 6. The molecular weight excluding hydrogens is 284 g/mol. The van der Waals surface area contributed by atoms with E-state index in [1.54, 1.807) is 0 Å². The molecule has 0 aromatic rings. The van der Waals surface area contributed by atoms with E-state index in [0.717, 1.165) is 38.6 Å². The van der Waals surface area contributed by atoms with E-state index >= 15 is 0 Å². The fraction of sp³-hybridized carbons (Fsp3) is 1.00. The van der Waals surface area contributed by atoms with E-state index in [9.17, 15) is 8.42 Å². The van der Waals surface area contributed by atoms with Gasteiger partial charge in [-0.25, -0.2) is 8.42 Å². The second kappa shape index (κ2) is 6.97. The molecule has 0 radical (unpaired) electrons. The lowest BCUT2D eigenvalue weighted by molar-refractivity contribution is 0.302. The molecule has 2 aliphatic carbocycles. The Bertz CT molecular complexity index is 422. The molecule has 0 bridgehead atoms. The first-order valence-corrected chi connectivity index (χ1v) is 10.5. The standard InChI is InChI=1S/C16H30N2O2S/c19-21(20,13-14-6-2-1-3-7-14)18(16-9-10-16)12-15-8-4-5-11-17-15/h14-17H,1-13H2. The zero-order valence-electron chi connectivity index (χ0n) is 13.1. The Hall–Kier alpha value is -0.130. The Morgan fingerprint density at radius 2 is 1.62 bits per heavy atom. The smallest absolute Gasteiger partial charge is 0.214 e. The number of hydrogen-bond acceptors (Lipinski definition) is 3.